The number of phenolic OH excluding ortho intramolecular Hbond substituents is 1. The van der Waals surface area contributed by atoms with Crippen LogP contribution < -0.4 is 33.2 Å². The second-order valence-electron chi connectivity index (χ2n) is 13.1. The van der Waals surface area contributed by atoms with E-state index in [1.807, 2.05) is 36.4 Å². The number of aliphatic hydroxyl groups is 2. The minimum absolute atomic E-state index is 0.00959. The molecule has 2 heterocycles. The molecule has 0 unspecified atom stereocenters. The van der Waals surface area contributed by atoms with Crippen LogP contribution in [0.25, 0.3) is 0 Å². The van der Waals surface area contributed by atoms with Gasteiger partial charge in [0.15, 0.2) is 46.0 Å². The highest BCUT2D eigenvalue weighted by Crippen LogP contribution is 2.51. The molecule has 0 aromatic heterocycles. The molecule has 8 atom stereocenters. The van der Waals surface area contributed by atoms with Gasteiger partial charge in [0.1, 0.15) is 24.4 Å². The van der Waals surface area contributed by atoms with Crippen LogP contribution in [0, 0.1) is 11.8 Å². The van der Waals surface area contributed by atoms with Gasteiger partial charge < -0.3 is 53.2 Å². The summed E-state index contributed by atoms with van der Waals surface area (Å²) in [5.74, 6) is 3.87. The molecule has 0 amide bonds. The van der Waals surface area contributed by atoms with Crippen molar-refractivity contribution in [3.8, 4) is 46.0 Å². The summed E-state index contributed by atoms with van der Waals surface area (Å²) in [7, 11) is 4.62. The number of hydrogen-bond acceptors (Lipinski definition) is 11. The molecule has 272 valence electrons. The van der Waals surface area contributed by atoms with Crippen molar-refractivity contribution >= 4 is 0 Å². The number of phenols is 1. The summed E-state index contributed by atoms with van der Waals surface area (Å²) >= 11 is 0. The molecule has 0 aliphatic carbocycles. The Balaban J connectivity index is 1.14. The molecule has 6 rings (SSSR count). The molecule has 0 bridgehead atoms. The van der Waals surface area contributed by atoms with Crippen molar-refractivity contribution in [2.75, 3.05) is 28.1 Å². The van der Waals surface area contributed by atoms with Crippen LogP contribution in [0.3, 0.4) is 0 Å². The number of aromatic hydroxyl groups is 1. The maximum Gasteiger partial charge on any atom is 0.231 e. The Bertz CT molecular complexity index is 1740. The van der Waals surface area contributed by atoms with E-state index in [0.29, 0.717) is 45.6 Å². The van der Waals surface area contributed by atoms with Crippen molar-refractivity contribution in [3.05, 3.63) is 95.1 Å². The van der Waals surface area contributed by atoms with Gasteiger partial charge in [-0.25, -0.2) is 0 Å². The van der Waals surface area contributed by atoms with Gasteiger partial charge in [-0.3, -0.25) is 0 Å². The lowest BCUT2D eigenvalue weighted by Gasteiger charge is -2.24. The molecular weight excluding hydrogens is 656 g/mol. The Kier molecular flexibility index (Phi) is 10.7. The number of aliphatic hydroxyl groups excluding tert-OH is 2. The number of hydrogen-bond donors (Lipinski definition) is 3. The predicted octanol–water partition coefficient (Wildman–Crippen LogP) is 7.23. The summed E-state index contributed by atoms with van der Waals surface area (Å²) in [6.07, 6.45) is -3.55. The monoisotopic (exact) mass is 702 g/mol. The van der Waals surface area contributed by atoms with Crippen molar-refractivity contribution in [1.29, 1.82) is 0 Å². The first-order chi connectivity index (χ1) is 24.5. The predicted molar refractivity (Wildman–Crippen MR) is 188 cm³/mol. The molecule has 2 aliphatic heterocycles. The molecular formula is C40H46O11. The Morgan fingerprint density at radius 3 is 1.61 bits per heavy atom. The first kappa shape index (κ1) is 36.0. The van der Waals surface area contributed by atoms with Gasteiger partial charge in [0, 0.05) is 0 Å². The number of fused-ring (bicyclic) bond motifs is 1. The summed E-state index contributed by atoms with van der Waals surface area (Å²) < 4.78 is 46.6. The van der Waals surface area contributed by atoms with Crippen LogP contribution in [-0.4, -0.2) is 55.6 Å². The average molecular weight is 703 g/mol. The van der Waals surface area contributed by atoms with E-state index in [1.54, 1.807) is 58.4 Å². The fourth-order valence-corrected chi connectivity index (χ4v) is 6.69. The van der Waals surface area contributed by atoms with Crippen LogP contribution in [0.15, 0.2) is 72.8 Å². The standard InChI is InChI=1S/C40H46O11/c1-21-22(2)40(28-11-15-32(35(19-28)46-7)50-24(4)38(43)26-9-13-30-36(17-26)48-20-47-30)51-39(21)27-10-14-31(34(18-27)45-6)49-23(3)37(42)25-8-12-29(41)33(16-25)44-5/h8-19,21-24,37-43H,20H2,1-7H3/t21-,22-,23+,24+,37+,38+,39+,40+/m1/s1. The highest BCUT2D eigenvalue weighted by atomic mass is 16.7. The molecule has 51 heavy (non-hydrogen) atoms. The smallest absolute Gasteiger partial charge is 0.231 e. The maximum absolute atomic E-state index is 11.0. The van der Waals surface area contributed by atoms with Crippen molar-refractivity contribution in [3.63, 3.8) is 0 Å². The molecule has 1 fully saturated rings. The van der Waals surface area contributed by atoms with Gasteiger partial charge in [0.25, 0.3) is 0 Å². The Hall–Kier alpha value is -4.84. The van der Waals surface area contributed by atoms with E-state index in [-0.39, 0.29) is 42.3 Å². The maximum atomic E-state index is 11.0. The quantitative estimate of drug-likeness (QED) is 0.130. The van der Waals surface area contributed by atoms with Crippen LogP contribution in [0.2, 0.25) is 0 Å². The van der Waals surface area contributed by atoms with Gasteiger partial charge in [-0.1, -0.05) is 38.1 Å². The van der Waals surface area contributed by atoms with Crippen LogP contribution >= 0.6 is 0 Å². The van der Waals surface area contributed by atoms with Crippen molar-refractivity contribution < 1.29 is 53.2 Å². The minimum atomic E-state index is -0.985. The Morgan fingerprint density at radius 1 is 0.588 bits per heavy atom. The average Bonchev–Trinajstić information content (AvgIpc) is 3.74. The van der Waals surface area contributed by atoms with E-state index in [1.165, 1.54) is 13.2 Å². The van der Waals surface area contributed by atoms with Gasteiger partial charge in [0.05, 0.1) is 33.5 Å². The lowest BCUT2D eigenvalue weighted by molar-refractivity contribution is 0.0281. The second-order valence-corrected chi connectivity index (χ2v) is 13.1. The summed E-state index contributed by atoms with van der Waals surface area (Å²) in [5, 5.41) is 32.0. The van der Waals surface area contributed by atoms with Crippen LogP contribution in [0.1, 0.15) is 74.4 Å². The first-order valence-electron chi connectivity index (χ1n) is 17.0. The van der Waals surface area contributed by atoms with Crippen molar-refractivity contribution in [1.82, 2.24) is 0 Å². The number of methoxy groups -OCH3 is 3. The molecule has 4 aromatic carbocycles. The van der Waals surface area contributed by atoms with E-state index in [9.17, 15) is 15.3 Å². The molecule has 0 saturated carbocycles. The molecule has 2 aliphatic rings. The van der Waals surface area contributed by atoms with Gasteiger partial charge in [-0.05, 0) is 96.5 Å². The number of ether oxygens (including phenoxy) is 8. The first-order valence-corrected chi connectivity index (χ1v) is 17.0. The topological polar surface area (TPSA) is 135 Å². The summed E-state index contributed by atoms with van der Waals surface area (Å²) in [5.41, 5.74) is 3.10. The lowest BCUT2D eigenvalue weighted by Crippen LogP contribution is -2.22. The van der Waals surface area contributed by atoms with Gasteiger partial charge >= 0.3 is 0 Å². The van der Waals surface area contributed by atoms with Crippen LogP contribution in [0.5, 0.6) is 46.0 Å². The largest absolute Gasteiger partial charge is 0.504 e. The molecule has 11 heteroatoms. The third-order valence-corrected chi connectivity index (χ3v) is 9.91. The molecule has 1 saturated heterocycles. The zero-order valence-corrected chi connectivity index (χ0v) is 29.9. The Labute approximate surface area is 298 Å². The molecule has 11 nitrogen and oxygen atoms in total. The van der Waals surface area contributed by atoms with Gasteiger partial charge in [0.2, 0.25) is 6.79 Å². The normalized spacial score (nSPS) is 21.7. The number of rotatable bonds is 13. The fourth-order valence-electron chi connectivity index (χ4n) is 6.69. The molecule has 0 spiro atoms. The van der Waals surface area contributed by atoms with Crippen LogP contribution in [0.4, 0.5) is 0 Å². The van der Waals surface area contributed by atoms with Gasteiger partial charge in [-0.15, -0.1) is 0 Å². The summed E-state index contributed by atoms with van der Waals surface area (Å²) in [6.45, 7) is 8.07. The molecule has 0 radical (unpaired) electrons. The molecule has 4 aromatic rings. The van der Waals surface area contributed by atoms with Gasteiger partial charge in [-0.2, -0.15) is 0 Å². The zero-order chi connectivity index (χ0) is 36.4. The summed E-state index contributed by atoms with van der Waals surface area (Å²) in [4.78, 5) is 0. The van der Waals surface area contributed by atoms with Crippen LogP contribution in [-0.2, 0) is 4.74 Å². The van der Waals surface area contributed by atoms with Crippen molar-refractivity contribution in [2.45, 2.75) is 64.3 Å². The fraction of sp³-hybridized carbons (Fsp3) is 0.400. The lowest BCUT2D eigenvalue weighted by atomic mass is 9.85. The van der Waals surface area contributed by atoms with E-state index < -0.39 is 24.4 Å². The minimum Gasteiger partial charge on any atom is -0.504 e. The van der Waals surface area contributed by atoms with Crippen molar-refractivity contribution in [2.24, 2.45) is 11.8 Å². The third kappa shape index (κ3) is 7.33. The Morgan fingerprint density at radius 2 is 1.08 bits per heavy atom. The van der Waals surface area contributed by atoms with E-state index in [4.69, 9.17) is 37.9 Å². The summed E-state index contributed by atoms with van der Waals surface area (Å²) in [6, 6.07) is 21.5. The second kappa shape index (κ2) is 15.2. The zero-order valence-electron chi connectivity index (χ0n) is 29.9. The SMILES string of the molecule is COc1cc([C@@H](O)[C@H](C)Oc2ccc([C@H]3O[C@H](c4ccc(O[C@@H](C)[C@H](O)c5ccc6c(c5)OCO6)c(OC)c4)[C@H](C)[C@H]3C)cc2OC)ccc1O. The third-order valence-electron chi connectivity index (χ3n) is 9.91. The highest BCUT2D eigenvalue weighted by molar-refractivity contribution is 5.48. The van der Waals surface area contributed by atoms with E-state index in [0.717, 1.165) is 11.1 Å². The molecule has 3 N–H and O–H groups in total. The van der Waals surface area contributed by atoms with E-state index >= 15 is 0 Å². The van der Waals surface area contributed by atoms with E-state index in [2.05, 4.69) is 13.8 Å². The number of benzene rings is 4. The highest BCUT2D eigenvalue weighted by Gasteiger charge is 2.41.